The highest BCUT2D eigenvalue weighted by atomic mass is 35.5. The van der Waals surface area contributed by atoms with Gasteiger partial charge in [-0.1, -0.05) is 35.0 Å². The van der Waals surface area contributed by atoms with Gasteiger partial charge in [-0.25, -0.2) is 0 Å². The zero-order valence-electron chi connectivity index (χ0n) is 7.54. The predicted octanol–water partition coefficient (Wildman–Crippen LogP) is 2.89. The number of carbonyl (C=O) groups excluding carboxylic acids is 1. The van der Waals surface area contributed by atoms with Gasteiger partial charge in [0.1, 0.15) is 6.04 Å². The van der Waals surface area contributed by atoms with Crippen molar-refractivity contribution in [1.29, 1.82) is 0 Å². The normalized spacial score (nSPS) is 26.0. The Morgan fingerprint density at radius 1 is 1.71 bits per heavy atom. The van der Waals surface area contributed by atoms with Crippen LogP contribution in [0.15, 0.2) is 4.99 Å². The number of hydrogen-bond donors (Lipinski definition) is 0. The number of carbonyl (C=O) groups is 1. The molecule has 1 aliphatic heterocycles. The summed E-state index contributed by atoms with van der Waals surface area (Å²) in [6, 6.07) is -0.299. The third-order valence-corrected chi connectivity index (χ3v) is 4.28. The van der Waals surface area contributed by atoms with E-state index in [-0.39, 0.29) is 11.2 Å². The van der Waals surface area contributed by atoms with Gasteiger partial charge in [0.25, 0.3) is 0 Å². The van der Waals surface area contributed by atoms with E-state index in [9.17, 15) is 4.79 Å². The summed E-state index contributed by atoms with van der Waals surface area (Å²) in [5.41, 5.74) is 0. The quantitative estimate of drug-likeness (QED) is 0.585. The minimum absolute atomic E-state index is 0.0765. The number of alkyl halides is 3. The average Bonchev–Trinajstić information content (AvgIpc) is 2.47. The zero-order chi connectivity index (χ0) is 10.8. The first-order chi connectivity index (χ1) is 6.43. The molecule has 0 aromatic carbocycles. The second-order valence-electron chi connectivity index (χ2n) is 3.04. The van der Waals surface area contributed by atoms with Gasteiger partial charge in [0.2, 0.25) is 5.12 Å². The molecule has 0 saturated carbocycles. The van der Waals surface area contributed by atoms with Crippen molar-refractivity contribution in [3.63, 3.8) is 0 Å². The lowest BCUT2D eigenvalue weighted by Gasteiger charge is -2.16. The van der Waals surface area contributed by atoms with Gasteiger partial charge in [-0.05, 0) is 13.3 Å². The molecule has 1 aliphatic rings. The highest BCUT2D eigenvalue weighted by Gasteiger charge is 2.30. The van der Waals surface area contributed by atoms with Crippen LogP contribution in [0.2, 0.25) is 0 Å². The van der Waals surface area contributed by atoms with Crippen molar-refractivity contribution < 1.29 is 4.79 Å². The molecule has 1 saturated heterocycles. The predicted molar refractivity (Wildman–Crippen MR) is 64.1 cm³/mol. The molecule has 0 bridgehead atoms. The van der Waals surface area contributed by atoms with E-state index in [2.05, 4.69) is 4.99 Å². The highest BCUT2D eigenvalue weighted by Crippen LogP contribution is 2.28. The summed E-state index contributed by atoms with van der Waals surface area (Å²) in [6.45, 7) is 1.68. The van der Waals surface area contributed by atoms with Gasteiger partial charge in [0, 0.05) is 12.0 Å². The van der Waals surface area contributed by atoms with Gasteiger partial charge in [0.05, 0.1) is 5.38 Å². The van der Waals surface area contributed by atoms with Crippen molar-refractivity contribution in [1.82, 2.24) is 0 Å². The maximum absolute atomic E-state index is 11.2. The van der Waals surface area contributed by atoms with E-state index >= 15 is 0 Å². The van der Waals surface area contributed by atoms with Crippen LogP contribution in [0.25, 0.3) is 0 Å². The molecule has 2 nitrogen and oxygen atoms in total. The molecule has 0 radical (unpaired) electrons. The van der Waals surface area contributed by atoms with E-state index in [0.29, 0.717) is 0 Å². The fraction of sp³-hybridized carbons (Fsp3) is 0.750. The molecule has 0 aliphatic carbocycles. The molecule has 2 atom stereocenters. The number of rotatable bonds is 3. The molecular weight excluding hydrogens is 265 g/mol. The summed E-state index contributed by atoms with van der Waals surface area (Å²) in [5, 5.41) is -0.369. The van der Waals surface area contributed by atoms with Crippen molar-refractivity contribution in [2.75, 3.05) is 5.75 Å². The monoisotopic (exact) mass is 273 g/mol. The minimum atomic E-state index is -1.20. The zero-order valence-corrected chi connectivity index (χ0v) is 10.6. The van der Waals surface area contributed by atoms with Crippen LogP contribution in [-0.4, -0.2) is 32.8 Å². The van der Waals surface area contributed by atoms with Gasteiger partial charge < -0.3 is 0 Å². The fourth-order valence-corrected chi connectivity index (χ4v) is 2.00. The molecule has 0 N–H and O–H groups in total. The first kappa shape index (κ1) is 12.6. The second kappa shape index (κ2) is 5.06. The molecule has 6 heteroatoms. The van der Waals surface area contributed by atoms with Crippen LogP contribution in [0.1, 0.15) is 13.3 Å². The second-order valence-corrected chi connectivity index (χ2v) is 6.24. The van der Waals surface area contributed by atoms with Gasteiger partial charge in [-0.15, -0.1) is 11.6 Å². The lowest BCUT2D eigenvalue weighted by Crippen LogP contribution is -2.26. The maximum Gasteiger partial charge on any atom is 0.213 e. The van der Waals surface area contributed by atoms with E-state index in [4.69, 9.17) is 34.8 Å². The van der Waals surface area contributed by atoms with Crippen LogP contribution in [0, 0.1) is 0 Å². The average molecular weight is 275 g/mol. The summed E-state index contributed by atoms with van der Waals surface area (Å²) in [5.74, 6) is 0.814. The van der Waals surface area contributed by atoms with Crippen molar-refractivity contribution in [3.05, 3.63) is 0 Å². The van der Waals surface area contributed by atoms with Crippen molar-refractivity contribution in [3.8, 4) is 0 Å². The Bertz CT molecular complexity index is 255. The topological polar surface area (TPSA) is 29.4 Å². The Hall–Kier alpha value is 0.560. The van der Waals surface area contributed by atoms with Gasteiger partial charge in [-0.2, -0.15) is 0 Å². The Balaban J connectivity index is 2.58. The molecule has 14 heavy (non-hydrogen) atoms. The largest absolute Gasteiger partial charge is 0.285 e. The Labute approximate surface area is 102 Å². The summed E-state index contributed by atoms with van der Waals surface area (Å²) in [6.07, 6.45) is 2.11. The van der Waals surface area contributed by atoms with Crippen molar-refractivity contribution in [2.45, 2.75) is 29.1 Å². The summed E-state index contributed by atoms with van der Waals surface area (Å²) in [7, 11) is 0. The number of halogens is 3. The molecule has 80 valence electrons. The van der Waals surface area contributed by atoms with Crippen LogP contribution in [0.5, 0.6) is 0 Å². The van der Waals surface area contributed by atoms with E-state index in [1.54, 1.807) is 6.92 Å². The van der Waals surface area contributed by atoms with Crippen LogP contribution >= 0.6 is 46.6 Å². The molecule has 0 aromatic heterocycles. The molecule has 0 spiro atoms. The summed E-state index contributed by atoms with van der Waals surface area (Å²) in [4.78, 5) is 15.2. The van der Waals surface area contributed by atoms with Crippen LogP contribution < -0.4 is 0 Å². The standard InChI is InChI=1S/C8H10Cl3NOS/c1-5(9)8(10,11)4-12-6-2-3-14-7(6)13/h4-6H,2-3H2,1H3. The molecule has 1 rings (SSSR count). The van der Waals surface area contributed by atoms with Crippen LogP contribution in [0.3, 0.4) is 0 Å². The summed E-state index contributed by atoms with van der Waals surface area (Å²) >= 11 is 18.8. The number of thioether (sulfide) groups is 1. The minimum Gasteiger partial charge on any atom is -0.285 e. The molecular formula is C8H10Cl3NOS. The van der Waals surface area contributed by atoms with Crippen molar-refractivity contribution in [2.24, 2.45) is 4.99 Å². The van der Waals surface area contributed by atoms with Gasteiger partial charge in [-0.3, -0.25) is 9.79 Å². The Kier molecular flexibility index (Phi) is 4.56. The molecule has 2 unspecified atom stereocenters. The smallest absolute Gasteiger partial charge is 0.213 e. The third kappa shape index (κ3) is 3.30. The van der Waals surface area contributed by atoms with Crippen LogP contribution in [-0.2, 0) is 4.79 Å². The van der Waals surface area contributed by atoms with E-state index < -0.39 is 9.71 Å². The number of nitrogens with zero attached hydrogens (tertiary/aromatic N) is 1. The Morgan fingerprint density at radius 3 is 2.79 bits per heavy atom. The Morgan fingerprint density at radius 2 is 2.36 bits per heavy atom. The number of hydrogen-bond acceptors (Lipinski definition) is 3. The fourth-order valence-electron chi connectivity index (χ4n) is 0.913. The van der Waals surface area contributed by atoms with Crippen LogP contribution in [0.4, 0.5) is 0 Å². The number of aliphatic imine (C=N–C) groups is 1. The van der Waals surface area contributed by atoms with E-state index in [1.807, 2.05) is 0 Å². The first-order valence-corrected chi connectivity index (χ1v) is 6.34. The SMILES string of the molecule is CC(Cl)C(Cl)(Cl)C=NC1CCSC1=O. The molecule has 0 aromatic rings. The van der Waals surface area contributed by atoms with E-state index in [1.165, 1.54) is 18.0 Å². The van der Waals surface area contributed by atoms with Gasteiger partial charge >= 0.3 is 0 Å². The third-order valence-electron chi connectivity index (χ3n) is 1.86. The highest BCUT2D eigenvalue weighted by molar-refractivity contribution is 8.14. The molecule has 1 heterocycles. The lowest BCUT2D eigenvalue weighted by atomic mass is 10.2. The van der Waals surface area contributed by atoms with E-state index in [0.717, 1.165) is 12.2 Å². The van der Waals surface area contributed by atoms with Crippen molar-refractivity contribution >= 4 is 57.9 Å². The molecule has 1 fully saturated rings. The molecule has 0 amide bonds. The first-order valence-electron chi connectivity index (χ1n) is 4.16. The summed E-state index contributed by atoms with van der Waals surface area (Å²) < 4.78 is -1.20. The van der Waals surface area contributed by atoms with Gasteiger partial charge in [0.15, 0.2) is 4.33 Å². The maximum atomic E-state index is 11.2. The lowest BCUT2D eigenvalue weighted by molar-refractivity contribution is -0.111.